The molecule has 0 aliphatic carbocycles. The Hall–Kier alpha value is -0.851. The molecule has 0 fully saturated rings. The van der Waals surface area contributed by atoms with Crippen LogP contribution in [0.25, 0.3) is 0 Å². The molecule has 2 heterocycles. The molecular weight excluding hydrogens is 347 g/mol. The molecule has 19 heavy (non-hydrogen) atoms. The Bertz CT molecular complexity index is 484. The van der Waals surface area contributed by atoms with Crippen molar-refractivity contribution in [2.75, 3.05) is 23.3 Å². The van der Waals surface area contributed by atoms with E-state index in [1.54, 1.807) is 4.90 Å². The van der Waals surface area contributed by atoms with Crippen LogP contribution in [-0.2, 0) is 4.79 Å². The predicted octanol–water partition coefficient (Wildman–Crippen LogP) is 1.19. The molecule has 1 aromatic heterocycles. The van der Waals surface area contributed by atoms with Gasteiger partial charge in [0.15, 0.2) is 0 Å². The third-order valence-corrected chi connectivity index (χ3v) is 6.23. The Morgan fingerprint density at radius 1 is 1.47 bits per heavy atom. The first-order valence-corrected chi connectivity index (χ1v) is 9.45. The van der Waals surface area contributed by atoms with E-state index >= 15 is 0 Å². The van der Waals surface area contributed by atoms with Gasteiger partial charge in [0.25, 0.3) is 0 Å². The number of nitrogens with zero attached hydrogens (tertiary/aromatic N) is 3. The summed E-state index contributed by atoms with van der Waals surface area (Å²) < 4.78 is 1.43. The van der Waals surface area contributed by atoms with Gasteiger partial charge in [0.2, 0.25) is 0 Å². The maximum absolute atomic E-state index is 12.0. The fraction of sp³-hybridized carbons (Fsp3) is 0.615. The molecule has 5 nitrogen and oxygen atoms in total. The van der Waals surface area contributed by atoms with E-state index in [0.29, 0.717) is 16.5 Å². The second-order valence-electron chi connectivity index (χ2n) is 5.70. The first-order valence-electron chi connectivity index (χ1n) is 6.60. The zero-order valence-electron chi connectivity index (χ0n) is 11.9. The van der Waals surface area contributed by atoms with Crippen LogP contribution < -0.4 is 13.9 Å². The monoisotopic (exact) mass is 368 g/mol. The Labute approximate surface area is 124 Å². The summed E-state index contributed by atoms with van der Waals surface area (Å²) >= 11 is -0.797. The van der Waals surface area contributed by atoms with Crippen LogP contribution >= 0.6 is 0 Å². The molecule has 0 saturated heterocycles. The Kier molecular flexibility index (Phi) is 4.32. The molecule has 6 heteroatoms. The average Bonchev–Trinajstić information content (AvgIpc) is 2.31. The summed E-state index contributed by atoms with van der Waals surface area (Å²) in [5.41, 5.74) is 0. The molecule has 102 valence electrons. The minimum absolute atomic E-state index is 0.0851. The van der Waals surface area contributed by atoms with Gasteiger partial charge in [-0.2, -0.15) is 0 Å². The van der Waals surface area contributed by atoms with Crippen LogP contribution in [0.1, 0.15) is 34.1 Å². The molecule has 0 bridgehead atoms. The van der Waals surface area contributed by atoms with E-state index in [0.717, 1.165) is 21.8 Å². The zero-order valence-corrected chi connectivity index (χ0v) is 14.8. The summed E-state index contributed by atoms with van der Waals surface area (Å²) in [5, 5.41) is 3.04. The molecule has 1 aliphatic rings. The van der Waals surface area contributed by atoms with Crippen molar-refractivity contribution < 1.29 is 4.79 Å². The summed E-state index contributed by atoms with van der Waals surface area (Å²) in [6.45, 7) is 9.83. The summed E-state index contributed by atoms with van der Waals surface area (Å²) in [6.07, 6.45) is 2.81. The molecule has 1 amide bonds. The second kappa shape index (κ2) is 5.64. The van der Waals surface area contributed by atoms with Crippen molar-refractivity contribution in [1.29, 1.82) is 0 Å². The summed E-state index contributed by atoms with van der Waals surface area (Å²) in [7, 11) is 0. The van der Waals surface area contributed by atoms with E-state index in [4.69, 9.17) is 4.98 Å². The SMILES string of the molecule is CCCN1C(=O)CNc2nc[c]([Sn][C](C)(C)C)nc21. The van der Waals surface area contributed by atoms with Crippen LogP contribution in [0.4, 0.5) is 11.6 Å². The molecule has 2 rings (SSSR count). The molecule has 0 atom stereocenters. The number of aromatic nitrogens is 2. The molecule has 0 spiro atoms. The van der Waals surface area contributed by atoms with Crippen LogP contribution in [0.3, 0.4) is 0 Å². The molecule has 1 aliphatic heterocycles. The number of carbonyl (C=O) groups is 1. The van der Waals surface area contributed by atoms with E-state index < -0.39 is 21.1 Å². The van der Waals surface area contributed by atoms with Crippen LogP contribution in [0.2, 0.25) is 3.43 Å². The van der Waals surface area contributed by atoms with Gasteiger partial charge >= 0.3 is 124 Å². The Morgan fingerprint density at radius 3 is 2.84 bits per heavy atom. The molecule has 0 saturated carbocycles. The Morgan fingerprint density at radius 2 is 2.21 bits per heavy atom. The number of carbonyl (C=O) groups excluding carboxylic acids is 1. The third kappa shape index (κ3) is 3.58. The van der Waals surface area contributed by atoms with Crippen molar-refractivity contribution in [1.82, 2.24) is 9.97 Å². The number of rotatable bonds is 3. The third-order valence-electron chi connectivity index (χ3n) is 2.67. The average molecular weight is 367 g/mol. The number of amides is 1. The van der Waals surface area contributed by atoms with Crippen molar-refractivity contribution in [3.8, 4) is 0 Å². The molecule has 1 aromatic rings. The standard InChI is InChI=1S/C9H11N4O.C4H9.Sn/c1-2-5-13-7(14)6-12-8-9(13)11-4-3-10-8;1-4(2)3;/h3H,2,5-6H2,1H3,(H,10,12);1-3H3;. The number of anilines is 2. The van der Waals surface area contributed by atoms with E-state index in [2.05, 4.69) is 38.0 Å². The van der Waals surface area contributed by atoms with Gasteiger partial charge in [0.05, 0.1) is 0 Å². The normalized spacial score (nSPS) is 15.2. The molecule has 2 radical (unpaired) electrons. The van der Waals surface area contributed by atoms with Crippen molar-refractivity contribution in [2.45, 2.75) is 37.5 Å². The topological polar surface area (TPSA) is 58.1 Å². The first-order chi connectivity index (χ1) is 8.90. The van der Waals surface area contributed by atoms with Crippen molar-refractivity contribution in [2.24, 2.45) is 0 Å². The number of fused-ring (bicyclic) bond motifs is 1. The Balaban J connectivity index is 2.33. The van der Waals surface area contributed by atoms with Crippen LogP contribution in [0.15, 0.2) is 6.20 Å². The van der Waals surface area contributed by atoms with Crippen molar-refractivity contribution in [3.63, 3.8) is 0 Å². The minimum atomic E-state index is -0.797. The molecule has 0 unspecified atom stereocenters. The molecule has 1 N–H and O–H groups in total. The van der Waals surface area contributed by atoms with Gasteiger partial charge < -0.3 is 0 Å². The van der Waals surface area contributed by atoms with Gasteiger partial charge in [0.1, 0.15) is 0 Å². The van der Waals surface area contributed by atoms with Crippen molar-refractivity contribution >= 4 is 42.4 Å². The molecule has 0 aromatic carbocycles. The van der Waals surface area contributed by atoms with Gasteiger partial charge in [-0.1, -0.05) is 0 Å². The van der Waals surface area contributed by atoms with Crippen LogP contribution in [0, 0.1) is 0 Å². The van der Waals surface area contributed by atoms with Crippen LogP contribution in [0.5, 0.6) is 0 Å². The van der Waals surface area contributed by atoms with Crippen molar-refractivity contribution in [3.05, 3.63) is 6.20 Å². The van der Waals surface area contributed by atoms with Gasteiger partial charge in [-0.05, 0) is 0 Å². The van der Waals surface area contributed by atoms with Gasteiger partial charge in [0, 0.05) is 0 Å². The second-order valence-corrected chi connectivity index (χ2v) is 12.2. The number of hydrogen-bond donors (Lipinski definition) is 1. The predicted molar refractivity (Wildman–Crippen MR) is 78.3 cm³/mol. The van der Waals surface area contributed by atoms with E-state index in [-0.39, 0.29) is 5.91 Å². The summed E-state index contributed by atoms with van der Waals surface area (Å²) in [4.78, 5) is 22.9. The van der Waals surface area contributed by atoms with E-state index in [9.17, 15) is 4.79 Å². The fourth-order valence-electron chi connectivity index (χ4n) is 1.96. The maximum atomic E-state index is 12.0. The quantitative estimate of drug-likeness (QED) is 0.816. The fourth-order valence-corrected chi connectivity index (χ4v) is 4.99. The van der Waals surface area contributed by atoms with Gasteiger partial charge in [-0.15, -0.1) is 0 Å². The first kappa shape index (κ1) is 14.6. The summed E-state index contributed by atoms with van der Waals surface area (Å²) in [5.74, 6) is 1.55. The molecular formula is C13H20N4OSn. The number of hydrogen-bond acceptors (Lipinski definition) is 4. The zero-order chi connectivity index (χ0) is 14.0. The van der Waals surface area contributed by atoms with E-state index in [1.807, 2.05) is 6.20 Å². The van der Waals surface area contributed by atoms with E-state index in [1.165, 1.54) is 0 Å². The van der Waals surface area contributed by atoms with Gasteiger partial charge in [-0.25, -0.2) is 0 Å². The summed E-state index contributed by atoms with van der Waals surface area (Å²) in [6, 6.07) is 0. The van der Waals surface area contributed by atoms with Crippen LogP contribution in [-0.4, -0.2) is 50.1 Å². The van der Waals surface area contributed by atoms with Gasteiger partial charge in [-0.3, -0.25) is 0 Å². The number of nitrogens with one attached hydrogen (secondary N) is 1.